The van der Waals surface area contributed by atoms with Gasteiger partial charge in [0.2, 0.25) is 0 Å². The maximum atomic E-state index is 14.6. The number of fused-ring (bicyclic) bond motifs is 1. The van der Waals surface area contributed by atoms with E-state index in [-0.39, 0.29) is 11.3 Å². The highest BCUT2D eigenvalue weighted by atomic mass is 32.1. The average molecular weight is 560 g/mol. The van der Waals surface area contributed by atoms with Crippen LogP contribution >= 0.6 is 11.3 Å². The molecular weight excluding hydrogens is 548 g/mol. The van der Waals surface area contributed by atoms with Crippen LogP contribution < -0.4 is 15.4 Å². The molecule has 0 saturated carbocycles. The number of ether oxygens (including phenoxy) is 1. The Kier molecular flexibility index (Phi) is 7.26. The van der Waals surface area contributed by atoms with Crippen LogP contribution in [0.3, 0.4) is 0 Å². The lowest BCUT2D eigenvalue weighted by molar-refractivity contribution is -0.136. The number of alkyl halides is 5. The van der Waals surface area contributed by atoms with Crippen LogP contribution in [0.5, 0.6) is 11.5 Å². The average Bonchev–Trinajstić information content (AvgIpc) is 3.25. The summed E-state index contributed by atoms with van der Waals surface area (Å²) in [7, 11) is 0. The molecule has 198 valence electrons. The van der Waals surface area contributed by atoms with Gasteiger partial charge in [0.25, 0.3) is 12.3 Å². The first-order chi connectivity index (χ1) is 17.9. The Balaban J connectivity index is 1.52. The molecule has 2 N–H and O–H groups in total. The number of urea groups is 1. The third-order valence-electron chi connectivity index (χ3n) is 5.13. The van der Waals surface area contributed by atoms with Gasteiger partial charge in [0.1, 0.15) is 5.75 Å². The zero-order chi connectivity index (χ0) is 27.8. The van der Waals surface area contributed by atoms with Gasteiger partial charge in [-0.25, -0.2) is 22.4 Å². The quantitative estimate of drug-likeness (QED) is 0.243. The van der Waals surface area contributed by atoms with Crippen molar-refractivity contribution in [3.63, 3.8) is 0 Å². The molecule has 5 nitrogen and oxygen atoms in total. The molecule has 14 heteroatoms. The summed E-state index contributed by atoms with van der Waals surface area (Å²) in [5.41, 5.74) is -4.03. The number of carbonyl (C=O) groups is 2. The van der Waals surface area contributed by atoms with E-state index in [4.69, 9.17) is 4.74 Å². The molecule has 3 amide bonds. The number of hydrogen-bond acceptors (Lipinski definition) is 4. The highest BCUT2D eigenvalue weighted by Crippen LogP contribution is 2.47. The SMILES string of the molecule is O=C(NC(=O)c1ccccc1C(F)F)Nc1cc(F)c(Oc2ccc3c(C(F)(F)F)csc(F)c2-3)c(F)c1. The van der Waals surface area contributed by atoms with Crippen LogP contribution in [0, 0.1) is 16.8 Å². The second-order valence-corrected chi connectivity index (χ2v) is 8.40. The van der Waals surface area contributed by atoms with Crippen LogP contribution in [-0.2, 0) is 6.18 Å². The zero-order valence-electron chi connectivity index (χ0n) is 18.4. The molecule has 0 bridgehead atoms. The smallest absolute Gasteiger partial charge is 0.417 e. The number of carbonyl (C=O) groups excluding carboxylic acids is 2. The van der Waals surface area contributed by atoms with Crippen LogP contribution in [0.1, 0.15) is 27.9 Å². The maximum absolute atomic E-state index is 14.6. The molecule has 2 aliphatic rings. The number of rotatable bonds is 5. The summed E-state index contributed by atoms with van der Waals surface area (Å²) in [6.45, 7) is 0. The van der Waals surface area contributed by atoms with Gasteiger partial charge in [-0.05, 0) is 18.2 Å². The minimum Gasteiger partial charge on any atom is -0.450 e. The Morgan fingerprint density at radius 3 is 2.24 bits per heavy atom. The van der Waals surface area contributed by atoms with E-state index in [0.717, 1.165) is 24.3 Å². The third kappa shape index (κ3) is 5.39. The Labute approximate surface area is 212 Å². The number of hydrogen-bond donors (Lipinski definition) is 2. The van der Waals surface area contributed by atoms with E-state index >= 15 is 0 Å². The fourth-order valence-electron chi connectivity index (χ4n) is 3.49. The summed E-state index contributed by atoms with van der Waals surface area (Å²) >= 11 is 0.125. The Hall–Kier alpha value is -4.20. The van der Waals surface area contributed by atoms with Crippen molar-refractivity contribution >= 4 is 29.0 Å². The normalized spacial score (nSPS) is 11.6. The highest BCUT2D eigenvalue weighted by Gasteiger charge is 2.37. The van der Waals surface area contributed by atoms with Crippen LogP contribution in [0.15, 0.2) is 53.9 Å². The maximum Gasteiger partial charge on any atom is 0.417 e. The number of imide groups is 1. The summed E-state index contributed by atoms with van der Waals surface area (Å²) < 4.78 is 114. The van der Waals surface area contributed by atoms with Gasteiger partial charge in [-0.3, -0.25) is 10.1 Å². The molecule has 1 heterocycles. The fraction of sp³-hybridized carbons (Fsp3) is 0.0833. The molecule has 1 aliphatic heterocycles. The molecule has 0 radical (unpaired) electrons. The lowest BCUT2D eigenvalue weighted by atomic mass is 10.1. The van der Waals surface area contributed by atoms with Crippen molar-refractivity contribution in [1.82, 2.24) is 5.32 Å². The van der Waals surface area contributed by atoms with Crippen LogP contribution in [0.4, 0.5) is 45.6 Å². The van der Waals surface area contributed by atoms with E-state index in [2.05, 4.69) is 0 Å². The zero-order valence-corrected chi connectivity index (χ0v) is 19.2. The summed E-state index contributed by atoms with van der Waals surface area (Å²) in [6.07, 6.45) is -7.83. The number of benzene rings is 2. The second kappa shape index (κ2) is 10.3. The predicted octanol–water partition coefficient (Wildman–Crippen LogP) is 7.98. The van der Waals surface area contributed by atoms with E-state index in [1.165, 1.54) is 12.1 Å². The Morgan fingerprint density at radius 2 is 1.61 bits per heavy atom. The fourth-order valence-corrected chi connectivity index (χ4v) is 4.30. The molecule has 0 fully saturated rings. The molecule has 2 aromatic carbocycles. The van der Waals surface area contributed by atoms with Gasteiger partial charge in [-0.2, -0.15) is 17.6 Å². The summed E-state index contributed by atoms with van der Waals surface area (Å²) in [5, 5.41) is 3.17. The van der Waals surface area contributed by atoms with Gasteiger partial charge < -0.3 is 10.1 Å². The van der Waals surface area contributed by atoms with E-state index in [1.54, 1.807) is 5.32 Å². The summed E-state index contributed by atoms with van der Waals surface area (Å²) in [5.74, 6) is -5.75. The minimum atomic E-state index is -4.82. The molecule has 4 rings (SSSR count). The number of amides is 3. The first kappa shape index (κ1) is 26.9. The van der Waals surface area contributed by atoms with E-state index in [9.17, 15) is 44.7 Å². The van der Waals surface area contributed by atoms with Gasteiger partial charge in [-0.1, -0.05) is 18.2 Å². The van der Waals surface area contributed by atoms with Gasteiger partial charge in [-0.15, -0.1) is 11.3 Å². The lowest BCUT2D eigenvalue weighted by Gasteiger charge is -2.14. The van der Waals surface area contributed by atoms with Crippen molar-refractivity contribution in [2.45, 2.75) is 12.6 Å². The van der Waals surface area contributed by atoms with Crippen molar-refractivity contribution in [3.8, 4) is 22.6 Å². The van der Waals surface area contributed by atoms with Crippen molar-refractivity contribution in [2.24, 2.45) is 0 Å². The van der Waals surface area contributed by atoms with Crippen LogP contribution in [-0.4, -0.2) is 11.9 Å². The van der Waals surface area contributed by atoms with Crippen molar-refractivity contribution in [1.29, 1.82) is 0 Å². The molecule has 1 aliphatic carbocycles. The highest BCUT2D eigenvalue weighted by molar-refractivity contribution is 7.08. The molecule has 0 aromatic heterocycles. The Bertz CT molecular complexity index is 1480. The monoisotopic (exact) mass is 560 g/mol. The largest absolute Gasteiger partial charge is 0.450 e. The van der Waals surface area contributed by atoms with Crippen molar-refractivity contribution in [3.05, 3.63) is 87.4 Å². The van der Waals surface area contributed by atoms with Gasteiger partial charge >= 0.3 is 12.2 Å². The topological polar surface area (TPSA) is 67.4 Å². The molecule has 38 heavy (non-hydrogen) atoms. The van der Waals surface area contributed by atoms with Gasteiger partial charge in [0.15, 0.2) is 22.5 Å². The van der Waals surface area contributed by atoms with Crippen LogP contribution in [0.2, 0.25) is 0 Å². The van der Waals surface area contributed by atoms with Crippen LogP contribution in [0.25, 0.3) is 11.1 Å². The summed E-state index contributed by atoms with van der Waals surface area (Å²) in [4.78, 5) is 24.3. The first-order valence-electron chi connectivity index (χ1n) is 10.3. The third-order valence-corrected chi connectivity index (χ3v) is 5.89. The molecule has 0 atom stereocenters. The van der Waals surface area contributed by atoms with Gasteiger partial charge in [0, 0.05) is 39.9 Å². The van der Waals surface area contributed by atoms with E-state index in [0.29, 0.717) is 17.5 Å². The lowest BCUT2D eigenvalue weighted by Crippen LogP contribution is -2.35. The molecular formula is C24H12F8N2O3S. The molecule has 0 unspecified atom stereocenters. The first-order valence-corrected chi connectivity index (χ1v) is 11.2. The number of anilines is 1. The number of nitrogens with one attached hydrogen (secondary N) is 2. The van der Waals surface area contributed by atoms with E-state index < -0.39 is 86.3 Å². The predicted molar refractivity (Wildman–Crippen MR) is 120 cm³/mol. The molecule has 2 aromatic rings. The van der Waals surface area contributed by atoms with Crippen molar-refractivity contribution < 1.29 is 49.4 Å². The van der Waals surface area contributed by atoms with Crippen molar-refractivity contribution in [2.75, 3.05) is 5.32 Å². The molecule has 0 saturated heterocycles. The van der Waals surface area contributed by atoms with Gasteiger partial charge in [0.05, 0.1) is 11.1 Å². The number of halogens is 8. The minimum absolute atomic E-state index is 0.125. The standard InChI is InChI=1S/C24H12F8N2O3S/c25-15-7-10(33-23(36)34-22(35)12-4-2-1-3-11(12)20(27)28)8-16(26)19(15)37-17-6-5-13-14(24(30,31)32)9-38-21(29)18(13)17/h1-9,20H,(H2,33,34,35,36). The second-order valence-electron chi connectivity index (χ2n) is 7.57. The molecule has 0 spiro atoms. The Morgan fingerprint density at radius 1 is 0.947 bits per heavy atom. The summed E-state index contributed by atoms with van der Waals surface area (Å²) in [6, 6.07) is 6.18. The van der Waals surface area contributed by atoms with E-state index in [1.807, 2.05) is 5.32 Å².